The van der Waals surface area contributed by atoms with Crippen LogP contribution >= 0.6 is 15.9 Å². The molecule has 2 aromatic carbocycles. The summed E-state index contributed by atoms with van der Waals surface area (Å²) in [5.74, 6) is 1.87. The number of ether oxygens (including phenoxy) is 2. The average Bonchev–Trinajstić information content (AvgIpc) is 3.63. The van der Waals surface area contributed by atoms with Crippen LogP contribution in [0.1, 0.15) is 122 Å². The van der Waals surface area contributed by atoms with Gasteiger partial charge in [0.05, 0.1) is 33.6 Å². The lowest BCUT2D eigenvalue weighted by Crippen LogP contribution is -2.41. The van der Waals surface area contributed by atoms with Crippen LogP contribution in [0.2, 0.25) is 0 Å². The highest BCUT2D eigenvalue weighted by molar-refractivity contribution is 9.10. The summed E-state index contributed by atoms with van der Waals surface area (Å²) in [4.78, 5) is 4.98. The fraction of sp³-hybridized carbons (Fsp3) is 0.727. The zero-order valence-corrected chi connectivity index (χ0v) is 39.4. The third kappa shape index (κ3) is 12.5. The standard InChI is InChI=1S/C19H30BNO3.C13H18BrNO.C12H24B2O4/c1-18(2)19(3,4)24-20(23-18)16-8-10-17(11-9-16)22-15-14-21-12-6-5-7-13-21;14-12-4-6-13(7-5-12)16-11-10-15-8-2-1-3-9-15;1-9(2)10(3,4)16-13(15-9)14-17-11(5,6)12(7,8)18-14/h8-11H,5-7,12-15H2,1-4H3;4-7H,1-3,8-11H2;1-8H3. The quantitative estimate of drug-likeness (QED) is 0.217. The van der Waals surface area contributed by atoms with Crippen molar-refractivity contribution in [1.82, 2.24) is 9.80 Å². The Kier molecular flexibility index (Phi) is 16.1. The molecule has 5 fully saturated rings. The molecule has 322 valence electrons. The van der Waals surface area contributed by atoms with Gasteiger partial charge in [0.25, 0.3) is 0 Å². The van der Waals surface area contributed by atoms with Crippen molar-refractivity contribution in [2.75, 3.05) is 52.5 Å². The minimum absolute atomic E-state index is 0.304. The highest BCUT2D eigenvalue weighted by Crippen LogP contribution is 2.43. The summed E-state index contributed by atoms with van der Waals surface area (Å²) in [5.41, 5.74) is -1.01. The first-order chi connectivity index (χ1) is 27.1. The molecule has 7 rings (SSSR count). The zero-order valence-electron chi connectivity index (χ0n) is 37.8. The summed E-state index contributed by atoms with van der Waals surface area (Å²) < 4.78 is 48.7. The van der Waals surface area contributed by atoms with Gasteiger partial charge in [0, 0.05) is 17.6 Å². The van der Waals surface area contributed by atoms with Crippen LogP contribution in [-0.2, 0) is 27.9 Å². The Hall–Kier alpha value is -1.61. The van der Waals surface area contributed by atoms with E-state index in [-0.39, 0.29) is 40.7 Å². The second-order valence-corrected chi connectivity index (χ2v) is 20.3. The maximum absolute atomic E-state index is 6.08. The fourth-order valence-electron chi connectivity index (χ4n) is 7.18. The first-order valence-electron chi connectivity index (χ1n) is 21.7. The molecule has 0 unspecified atom stereocenters. The molecule has 2 aromatic rings. The molecule has 5 saturated heterocycles. The number of hydrogen-bond acceptors (Lipinski definition) is 10. The summed E-state index contributed by atoms with van der Waals surface area (Å²) in [6, 6.07) is 16.1. The van der Waals surface area contributed by atoms with Gasteiger partial charge < -0.3 is 37.4 Å². The van der Waals surface area contributed by atoms with Gasteiger partial charge in [-0.05, 0) is 177 Å². The van der Waals surface area contributed by atoms with Crippen LogP contribution in [0.4, 0.5) is 0 Å². The van der Waals surface area contributed by atoms with Gasteiger partial charge in [-0.25, -0.2) is 0 Å². The van der Waals surface area contributed by atoms with Crippen molar-refractivity contribution in [2.45, 2.75) is 155 Å². The Morgan fingerprint density at radius 1 is 0.466 bits per heavy atom. The molecule has 14 heteroatoms. The van der Waals surface area contributed by atoms with Crippen molar-refractivity contribution in [2.24, 2.45) is 0 Å². The summed E-state index contributed by atoms with van der Waals surface area (Å²) in [6.07, 6.45) is 8.10. The zero-order chi connectivity index (χ0) is 42.4. The van der Waals surface area contributed by atoms with Gasteiger partial charge in [0.2, 0.25) is 0 Å². The topological polar surface area (TPSA) is 80.3 Å². The van der Waals surface area contributed by atoms with E-state index < -0.39 is 14.0 Å². The maximum Gasteiger partial charge on any atom is 0.494 e. The molecule has 0 aliphatic carbocycles. The number of nitrogens with zero attached hydrogens (tertiary/aromatic N) is 2. The van der Waals surface area contributed by atoms with E-state index in [1.807, 2.05) is 104 Å². The second-order valence-electron chi connectivity index (χ2n) is 19.4. The summed E-state index contributed by atoms with van der Waals surface area (Å²) in [6.45, 7) is 33.0. The number of rotatable bonds is 10. The minimum Gasteiger partial charge on any atom is -0.492 e. The van der Waals surface area contributed by atoms with E-state index >= 15 is 0 Å². The van der Waals surface area contributed by atoms with Crippen LogP contribution in [0.15, 0.2) is 53.0 Å². The SMILES string of the molecule is Brc1ccc(OCCN2CCCCC2)cc1.CC1(C)OB(B2OC(C)(C)C(C)(C)O2)OC1(C)C.CC1(C)OB(c2ccc(OCCN3CCCCC3)cc2)OC1(C)C. The minimum atomic E-state index is -0.476. The smallest absolute Gasteiger partial charge is 0.492 e. The molecule has 0 saturated carbocycles. The van der Waals surface area contributed by atoms with Gasteiger partial charge >= 0.3 is 21.1 Å². The van der Waals surface area contributed by atoms with E-state index in [4.69, 9.17) is 37.4 Å². The molecule has 5 aliphatic heterocycles. The van der Waals surface area contributed by atoms with Gasteiger partial charge in [-0.1, -0.05) is 40.9 Å². The normalized spacial score (nSPS) is 24.4. The lowest BCUT2D eigenvalue weighted by Gasteiger charge is -2.32. The van der Waals surface area contributed by atoms with Crippen LogP contribution in [0.25, 0.3) is 0 Å². The van der Waals surface area contributed by atoms with Gasteiger partial charge in [0.1, 0.15) is 24.7 Å². The van der Waals surface area contributed by atoms with Crippen molar-refractivity contribution >= 4 is 42.5 Å². The van der Waals surface area contributed by atoms with Crippen molar-refractivity contribution in [1.29, 1.82) is 0 Å². The van der Waals surface area contributed by atoms with E-state index in [2.05, 4.69) is 53.4 Å². The van der Waals surface area contributed by atoms with Crippen molar-refractivity contribution < 1.29 is 37.4 Å². The molecular weight excluding hydrogens is 797 g/mol. The van der Waals surface area contributed by atoms with Crippen LogP contribution in [0.3, 0.4) is 0 Å². The van der Waals surface area contributed by atoms with Gasteiger partial charge in [-0.2, -0.15) is 0 Å². The van der Waals surface area contributed by atoms with E-state index in [0.717, 1.165) is 47.7 Å². The second kappa shape index (κ2) is 19.6. The Labute approximate surface area is 360 Å². The molecule has 0 spiro atoms. The molecule has 0 aromatic heterocycles. The van der Waals surface area contributed by atoms with E-state index in [9.17, 15) is 0 Å². The molecule has 0 radical (unpaired) electrons. The first kappa shape index (κ1) is 47.4. The fourth-order valence-corrected chi connectivity index (χ4v) is 7.45. The van der Waals surface area contributed by atoms with Crippen molar-refractivity contribution in [3.8, 4) is 11.5 Å². The third-order valence-electron chi connectivity index (χ3n) is 13.2. The summed E-state index contributed by atoms with van der Waals surface area (Å²) in [7, 11) is -1.26. The number of halogens is 1. The third-order valence-corrected chi connectivity index (χ3v) is 13.8. The molecule has 0 bridgehead atoms. The Bertz CT molecular complexity index is 1480. The van der Waals surface area contributed by atoms with E-state index in [0.29, 0.717) is 0 Å². The van der Waals surface area contributed by atoms with Crippen LogP contribution in [0.5, 0.6) is 11.5 Å². The summed E-state index contributed by atoms with van der Waals surface area (Å²) in [5, 5.41) is 0. The highest BCUT2D eigenvalue weighted by atomic mass is 79.9. The molecule has 0 N–H and O–H groups in total. The molecule has 5 heterocycles. The van der Waals surface area contributed by atoms with Gasteiger partial charge in [-0.3, -0.25) is 9.80 Å². The van der Waals surface area contributed by atoms with Gasteiger partial charge in [0.15, 0.2) is 0 Å². The lowest BCUT2D eigenvalue weighted by molar-refractivity contribution is 0.00578. The molecule has 58 heavy (non-hydrogen) atoms. The van der Waals surface area contributed by atoms with E-state index in [1.54, 1.807) is 0 Å². The van der Waals surface area contributed by atoms with Gasteiger partial charge in [-0.15, -0.1) is 0 Å². The molecule has 0 atom stereocenters. The lowest BCUT2D eigenvalue weighted by atomic mass is 9.49. The van der Waals surface area contributed by atoms with Crippen LogP contribution in [0, 0.1) is 0 Å². The highest BCUT2D eigenvalue weighted by Gasteiger charge is 2.63. The Morgan fingerprint density at radius 2 is 0.776 bits per heavy atom. The average molecular weight is 869 g/mol. The number of piperidine rings is 2. The van der Waals surface area contributed by atoms with E-state index in [1.165, 1.54) is 64.7 Å². The predicted octanol–water partition coefficient (Wildman–Crippen LogP) is 8.41. The largest absolute Gasteiger partial charge is 0.494 e. The summed E-state index contributed by atoms with van der Waals surface area (Å²) >= 11 is 3.41. The Morgan fingerprint density at radius 3 is 1.12 bits per heavy atom. The van der Waals surface area contributed by atoms with Crippen LogP contribution in [-0.4, -0.2) is 117 Å². The number of hydrogen-bond donors (Lipinski definition) is 0. The number of benzene rings is 2. The van der Waals surface area contributed by atoms with Crippen molar-refractivity contribution in [3.63, 3.8) is 0 Å². The Balaban J connectivity index is 0.000000170. The van der Waals surface area contributed by atoms with Crippen LogP contribution < -0.4 is 14.9 Å². The number of likely N-dealkylation sites (tertiary alicyclic amines) is 2. The molecular formula is C44H72B3BrN2O8. The predicted molar refractivity (Wildman–Crippen MR) is 240 cm³/mol. The maximum atomic E-state index is 6.08. The molecule has 10 nitrogen and oxygen atoms in total. The first-order valence-corrected chi connectivity index (χ1v) is 22.5. The molecule has 0 amide bonds. The monoisotopic (exact) mass is 868 g/mol. The van der Waals surface area contributed by atoms with Crippen molar-refractivity contribution in [3.05, 3.63) is 53.0 Å². The molecule has 5 aliphatic rings.